The summed E-state index contributed by atoms with van der Waals surface area (Å²) in [4.78, 5) is 26.7. The van der Waals surface area contributed by atoms with E-state index in [9.17, 15) is 23.1 Å². The maximum Gasteiger partial charge on any atom is 0.341 e. The molecule has 1 N–H and O–H groups in total. The summed E-state index contributed by atoms with van der Waals surface area (Å²) in [6.45, 7) is 2.07. The lowest BCUT2D eigenvalue weighted by Crippen LogP contribution is -2.48. The zero-order chi connectivity index (χ0) is 21.2. The summed E-state index contributed by atoms with van der Waals surface area (Å²) in [5.41, 5.74) is 2.46. The van der Waals surface area contributed by atoms with Gasteiger partial charge in [-0.05, 0) is 25.0 Å². The van der Waals surface area contributed by atoms with E-state index in [1.165, 1.54) is 16.8 Å². The fourth-order valence-corrected chi connectivity index (χ4v) is 6.39. The first-order chi connectivity index (χ1) is 14.3. The van der Waals surface area contributed by atoms with E-state index in [1.54, 1.807) is 6.07 Å². The fraction of sp³-hybridized carbons (Fsp3) is 0.524. The summed E-state index contributed by atoms with van der Waals surface area (Å²) < 4.78 is 27.3. The Morgan fingerprint density at radius 2 is 1.80 bits per heavy atom. The van der Waals surface area contributed by atoms with E-state index in [0.717, 1.165) is 42.5 Å². The highest BCUT2D eigenvalue weighted by atomic mass is 32.2. The van der Waals surface area contributed by atoms with Gasteiger partial charge in [0.2, 0.25) is 15.5 Å². The summed E-state index contributed by atoms with van der Waals surface area (Å²) in [7, 11) is -3.20. The van der Waals surface area contributed by atoms with Crippen LogP contribution in [0.5, 0.6) is 0 Å². The zero-order valence-corrected chi connectivity index (χ0v) is 17.7. The number of nitrogens with zero attached hydrogens (tertiary/aromatic N) is 3. The van der Waals surface area contributed by atoms with Crippen molar-refractivity contribution in [1.29, 1.82) is 0 Å². The van der Waals surface area contributed by atoms with Crippen molar-refractivity contribution in [2.75, 3.05) is 37.3 Å². The molecule has 2 fully saturated rings. The van der Waals surface area contributed by atoms with Crippen LogP contribution in [0, 0.1) is 0 Å². The second-order valence-electron chi connectivity index (χ2n) is 8.59. The number of carboxylic acid groups (broad SMARTS) is 1. The number of sulfonamides is 1. The number of benzene rings is 1. The SMILES string of the molecule is CS(=O)(=O)N1CCN(c2ccc3c(=O)c(C(=O)O)cn4c3c2C2CCCCC24)CC1. The Morgan fingerprint density at radius 3 is 2.47 bits per heavy atom. The first-order valence-corrected chi connectivity index (χ1v) is 12.3. The highest BCUT2D eigenvalue weighted by Gasteiger charge is 2.39. The fourth-order valence-electron chi connectivity index (χ4n) is 5.56. The van der Waals surface area contributed by atoms with Crippen molar-refractivity contribution in [3.05, 3.63) is 39.7 Å². The molecule has 2 aliphatic heterocycles. The van der Waals surface area contributed by atoms with Crippen molar-refractivity contribution in [3.8, 4) is 0 Å². The molecule has 2 atom stereocenters. The van der Waals surface area contributed by atoms with Gasteiger partial charge in [0.05, 0.1) is 11.8 Å². The van der Waals surface area contributed by atoms with E-state index in [2.05, 4.69) is 4.90 Å². The molecule has 3 aliphatic rings. The third-order valence-corrected chi connectivity index (χ3v) is 8.25. The van der Waals surface area contributed by atoms with Gasteiger partial charge in [0.1, 0.15) is 5.56 Å². The van der Waals surface area contributed by atoms with Gasteiger partial charge in [-0.1, -0.05) is 12.8 Å². The van der Waals surface area contributed by atoms with Crippen molar-refractivity contribution in [2.45, 2.75) is 37.6 Å². The number of fused-ring (bicyclic) bond motifs is 3. The summed E-state index contributed by atoms with van der Waals surface area (Å²) in [5, 5.41) is 10.0. The van der Waals surface area contributed by atoms with Crippen molar-refractivity contribution in [1.82, 2.24) is 8.87 Å². The molecule has 0 spiro atoms. The zero-order valence-electron chi connectivity index (χ0n) is 16.9. The van der Waals surface area contributed by atoms with Gasteiger partial charge in [-0.3, -0.25) is 4.79 Å². The quantitative estimate of drug-likeness (QED) is 0.798. The van der Waals surface area contributed by atoms with Crippen LogP contribution in [0.15, 0.2) is 23.1 Å². The van der Waals surface area contributed by atoms with E-state index >= 15 is 0 Å². The van der Waals surface area contributed by atoms with Crippen LogP contribution in [0.4, 0.5) is 5.69 Å². The monoisotopic (exact) mass is 431 g/mol. The first-order valence-electron chi connectivity index (χ1n) is 10.4. The molecule has 1 aromatic heterocycles. The van der Waals surface area contributed by atoms with Crippen LogP contribution in [0.3, 0.4) is 0 Å². The van der Waals surface area contributed by atoms with Gasteiger partial charge in [0.25, 0.3) is 0 Å². The van der Waals surface area contributed by atoms with Crippen LogP contribution in [0.1, 0.15) is 53.6 Å². The summed E-state index contributed by atoms with van der Waals surface area (Å²) in [6.07, 6.45) is 6.97. The molecule has 5 rings (SSSR count). The summed E-state index contributed by atoms with van der Waals surface area (Å²) in [6, 6.07) is 3.86. The number of pyridine rings is 1. The van der Waals surface area contributed by atoms with Crippen LogP contribution < -0.4 is 10.3 Å². The number of anilines is 1. The number of carboxylic acids is 1. The van der Waals surface area contributed by atoms with Gasteiger partial charge in [0.15, 0.2) is 0 Å². The lowest BCUT2D eigenvalue weighted by atomic mass is 9.81. The van der Waals surface area contributed by atoms with Gasteiger partial charge < -0.3 is 14.6 Å². The Balaban J connectivity index is 1.65. The third-order valence-electron chi connectivity index (χ3n) is 6.95. The van der Waals surface area contributed by atoms with E-state index in [0.29, 0.717) is 31.6 Å². The molecule has 0 bridgehead atoms. The number of rotatable bonds is 3. The average molecular weight is 432 g/mol. The second-order valence-corrected chi connectivity index (χ2v) is 10.6. The third kappa shape index (κ3) is 2.86. The van der Waals surface area contributed by atoms with Crippen molar-refractivity contribution in [3.63, 3.8) is 0 Å². The molecule has 1 aromatic carbocycles. The molecule has 2 unspecified atom stereocenters. The largest absolute Gasteiger partial charge is 0.477 e. The van der Waals surface area contributed by atoms with Crippen LogP contribution in [0.2, 0.25) is 0 Å². The Bertz CT molecular complexity index is 1210. The molecule has 2 aromatic rings. The van der Waals surface area contributed by atoms with Crippen LogP contribution >= 0.6 is 0 Å². The summed E-state index contributed by atoms with van der Waals surface area (Å²) >= 11 is 0. The maximum atomic E-state index is 12.9. The van der Waals surface area contributed by atoms with Gasteiger partial charge in [0, 0.05) is 61.0 Å². The number of piperazine rings is 1. The molecular formula is C21H25N3O5S. The van der Waals surface area contributed by atoms with Gasteiger partial charge in [-0.15, -0.1) is 0 Å². The van der Waals surface area contributed by atoms with E-state index in [1.807, 2.05) is 10.6 Å². The molecule has 1 aliphatic carbocycles. The van der Waals surface area contributed by atoms with Gasteiger partial charge in [-0.25, -0.2) is 13.2 Å². The lowest BCUT2D eigenvalue weighted by Gasteiger charge is -2.37. The molecule has 0 amide bonds. The molecule has 30 heavy (non-hydrogen) atoms. The highest BCUT2D eigenvalue weighted by molar-refractivity contribution is 7.88. The first kappa shape index (κ1) is 19.6. The highest BCUT2D eigenvalue weighted by Crippen LogP contribution is 2.52. The molecule has 1 saturated carbocycles. The Morgan fingerprint density at radius 1 is 1.10 bits per heavy atom. The van der Waals surface area contributed by atoms with Gasteiger partial charge >= 0.3 is 5.97 Å². The average Bonchev–Trinajstić information content (AvgIpc) is 3.05. The molecular weight excluding hydrogens is 406 g/mol. The molecule has 3 heterocycles. The Kier molecular flexibility index (Phi) is 4.44. The topological polar surface area (TPSA) is 99.9 Å². The standard InChI is InChI=1S/C21H25N3O5S/c1-30(28,29)23-10-8-22(9-11-23)17-7-6-14-19-18(17)13-4-2-3-5-16(13)24(19)12-15(20(14)25)21(26)27/h6-7,12-13,16H,2-5,8-11H2,1H3,(H,26,27). The van der Waals surface area contributed by atoms with Crippen LogP contribution in [0.25, 0.3) is 10.9 Å². The van der Waals surface area contributed by atoms with Crippen molar-refractivity contribution in [2.24, 2.45) is 0 Å². The number of carbonyl (C=O) groups is 1. The van der Waals surface area contributed by atoms with Gasteiger partial charge in [-0.2, -0.15) is 4.31 Å². The maximum absolute atomic E-state index is 12.9. The minimum Gasteiger partial charge on any atom is -0.477 e. The van der Waals surface area contributed by atoms with Crippen LogP contribution in [-0.2, 0) is 10.0 Å². The minimum atomic E-state index is -3.20. The molecule has 1 saturated heterocycles. The summed E-state index contributed by atoms with van der Waals surface area (Å²) in [5.74, 6) is -0.929. The smallest absolute Gasteiger partial charge is 0.341 e. The van der Waals surface area contributed by atoms with E-state index < -0.39 is 21.4 Å². The number of aromatic carboxylic acids is 1. The molecule has 8 nitrogen and oxygen atoms in total. The van der Waals surface area contributed by atoms with E-state index in [-0.39, 0.29) is 17.5 Å². The predicted octanol–water partition coefficient (Wildman–Crippen LogP) is 1.99. The normalized spacial score (nSPS) is 24.2. The van der Waals surface area contributed by atoms with E-state index in [4.69, 9.17) is 0 Å². The molecule has 0 radical (unpaired) electrons. The predicted molar refractivity (Wildman–Crippen MR) is 114 cm³/mol. The number of hydrogen-bond donors (Lipinski definition) is 1. The van der Waals surface area contributed by atoms with Crippen molar-refractivity contribution >= 4 is 32.6 Å². The molecule has 9 heteroatoms. The Hall–Kier alpha value is -2.39. The minimum absolute atomic E-state index is 0.172. The number of aromatic nitrogens is 1. The van der Waals surface area contributed by atoms with Crippen LogP contribution in [-0.4, -0.2) is 60.8 Å². The number of hydrogen-bond acceptors (Lipinski definition) is 5. The lowest BCUT2D eigenvalue weighted by molar-refractivity contribution is 0.0694. The van der Waals surface area contributed by atoms with Crippen molar-refractivity contribution < 1.29 is 18.3 Å². The second kappa shape index (κ2) is 6.81. The molecule has 160 valence electrons. The Labute approximate surface area is 174 Å².